The number of rotatable bonds is 6. The molecule has 0 saturated carbocycles. The van der Waals surface area contributed by atoms with E-state index in [0.717, 1.165) is 29.7 Å². The van der Waals surface area contributed by atoms with E-state index >= 15 is 0 Å². The van der Waals surface area contributed by atoms with Crippen molar-refractivity contribution >= 4 is 27.3 Å². The Kier molecular flexibility index (Phi) is 11.2. The first kappa shape index (κ1) is 34.7. The number of carbonyl (C=O) groups is 1. The van der Waals surface area contributed by atoms with E-state index in [2.05, 4.69) is 63.2 Å². The van der Waals surface area contributed by atoms with E-state index in [4.69, 9.17) is 4.98 Å². The number of ketones is 1. The van der Waals surface area contributed by atoms with E-state index in [-0.39, 0.29) is 42.5 Å². The van der Waals surface area contributed by atoms with Crippen LogP contribution in [0.25, 0.3) is 32.8 Å². The Morgan fingerprint density at radius 1 is 0.907 bits per heavy atom. The summed E-state index contributed by atoms with van der Waals surface area (Å²) in [7, 11) is 0. The van der Waals surface area contributed by atoms with Crippen LogP contribution in [-0.2, 0) is 37.7 Å². The summed E-state index contributed by atoms with van der Waals surface area (Å²) >= 11 is 0. The van der Waals surface area contributed by atoms with E-state index in [1.54, 1.807) is 5.56 Å². The third-order valence-corrected chi connectivity index (χ3v) is 9.38. The molecule has 1 aliphatic carbocycles. The van der Waals surface area contributed by atoms with Gasteiger partial charge in [0.2, 0.25) is 0 Å². The smallest absolute Gasteiger partial charge is 0.164 e. The van der Waals surface area contributed by atoms with Crippen molar-refractivity contribution in [1.29, 1.82) is 0 Å². The first-order valence-corrected chi connectivity index (χ1v) is 15.6. The van der Waals surface area contributed by atoms with Gasteiger partial charge in [-0.25, -0.2) is 0 Å². The fraction of sp³-hybridized carbons (Fsp3) is 0.436. The third-order valence-electron chi connectivity index (χ3n) is 9.38. The Morgan fingerprint density at radius 2 is 1.58 bits per heavy atom. The van der Waals surface area contributed by atoms with Gasteiger partial charge in [0, 0.05) is 43.2 Å². The fourth-order valence-corrected chi connectivity index (χ4v) is 5.69. The Hall–Kier alpha value is -2.81. The average Bonchev–Trinajstić information content (AvgIpc) is 2.96. The van der Waals surface area contributed by atoms with Crippen LogP contribution in [0.3, 0.4) is 0 Å². The zero-order chi connectivity index (χ0) is 30.8. The SMILES string of the molecule is CCC(C)(C)C(=O)/C=C(\O)C(C)(C)CC.Cc1[c-]c(-c2nccc3c(C)cc4c5c(ccc4c23)CCCC5)cc(C)c1.[Ir]. The van der Waals surface area contributed by atoms with Crippen LogP contribution in [0.2, 0.25) is 0 Å². The summed E-state index contributed by atoms with van der Waals surface area (Å²) in [4.78, 5) is 16.7. The van der Waals surface area contributed by atoms with Gasteiger partial charge in [-0.2, -0.15) is 0 Å². The maximum absolute atomic E-state index is 11.8. The number of carbonyl (C=O) groups excluding carboxylic acids is 1. The molecule has 5 rings (SSSR count). The quantitative estimate of drug-likeness (QED) is 0.0923. The van der Waals surface area contributed by atoms with E-state index in [1.165, 1.54) is 70.0 Å². The van der Waals surface area contributed by atoms with E-state index in [1.807, 2.05) is 47.7 Å². The fourth-order valence-electron chi connectivity index (χ4n) is 5.69. The molecule has 3 aromatic carbocycles. The van der Waals surface area contributed by atoms with Gasteiger partial charge in [-0.15, -0.1) is 34.9 Å². The molecule has 0 aliphatic heterocycles. The second-order valence-electron chi connectivity index (χ2n) is 13.4. The van der Waals surface area contributed by atoms with Gasteiger partial charge < -0.3 is 10.1 Å². The summed E-state index contributed by atoms with van der Waals surface area (Å²) in [6.07, 6.45) is 9.96. The van der Waals surface area contributed by atoms with Crippen molar-refractivity contribution in [2.75, 3.05) is 0 Å². The molecule has 0 atom stereocenters. The van der Waals surface area contributed by atoms with E-state index in [9.17, 15) is 9.90 Å². The zero-order valence-electron chi connectivity index (χ0n) is 27.5. The molecule has 0 bridgehead atoms. The first-order valence-electron chi connectivity index (χ1n) is 15.6. The third kappa shape index (κ3) is 7.47. The van der Waals surface area contributed by atoms with Crippen molar-refractivity contribution in [3.8, 4) is 11.3 Å². The van der Waals surface area contributed by atoms with Crippen molar-refractivity contribution in [2.45, 2.75) is 101 Å². The Morgan fingerprint density at radius 3 is 2.23 bits per heavy atom. The molecule has 1 N–H and O–H groups in total. The van der Waals surface area contributed by atoms with Gasteiger partial charge in [0.1, 0.15) is 5.76 Å². The van der Waals surface area contributed by atoms with Crippen LogP contribution in [0.15, 0.2) is 54.4 Å². The number of fused-ring (bicyclic) bond motifs is 5. The second-order valence-corrected chi connectivity index (χ2v) is 13.4. The van der Waals surface area contributed by atoms with Gasteiger partial charge in [-0.3, -0.25) is 4.79 Å². The van der Waals surface area contributed by atoms with E-state index < -0.39 is 0 Å². The summed E-state index contributed by atoms with van der Waals surface area (Å²) < 4.78 is 0. The molecule has 1 aromatic heterocycles. The number of aromatic nitrogens is 1. The molecular weight excluding hydrogens is 707 g/mol. The van der Waals surface area contributed by atoms with Gasteiger partial charge in [-0.1, -0.05) is 73.6 Å². The molecular formula is C39H48IrNO2-. The number of aliphatic hydroxyl groups is 1. The van der Waals surface area contributed by atoms with Crippen LogP contribution in [0.1, 0.15) is 95.0 Å². The summed E-state index contributed by atoms with van der Waals surface area (Å²) in [5.41, 5.74) is 8.33. The first-order chi connectivity index (χ1) is 19.8. The average molecular weight is 755 g/mol. The Labute approximate surface area is 272 Å². The Balaban J connectivity index is 0.000000274. The topological polar surface area (TPSA) is 50.2 Å². The molecule has 1 heterocycles. The van der Waals surface area contributed by atoms with Gasteiger partial charge in [0.15, 0.2) is 5.78 Å². The molecule has 4 heteroatoms. The monoisotopic (exact) mass is 755 g/mol. The summed E-state index contributed by atoms with van der Waals surface area (Å²) in [5, 5.41) is 15.2. The van der Waals surface area contributed by atoms with Gasteiger partial charge in [0.25, 0.3) is 0 Å². The molecule has 4 aromatic rings. The van der Waals surface area contributed by atoms with Crippen LogP contribution in [0.4, 0.5) is 0 Å². The summed E-state index contributed by atoms with van der Waals surface area (Å²) in [6, 6.07) is 17.2. The maximum atomic E-state index is 11.8. The van der Waals surface area contributed by atoms with Crippen molar-refractivity contribution in [3.05, 3.63) is 88.3 Å². The number of pyridine rings is 1. The van der Waals surface area contributed by atoms with E-state index in [0.29, 0.717) is 0 Å². The molecule has 0 spiro atoms. The normalized spacial score (nSPS) is 13.7. The molecule has 1 aliphatic rings. The molecule has 1 radical (unpaired) electrons. The van der Waals surface area contributed by atoms with Gasteiger partial charge in [-0.05, 0) is 95.4 Å². The number of nitrogens with zero attached hydrogens (tertiary/aromatic N) is 1. The Bertz CT molecular complexity index is 1640. The van der Waals surface area contributed by atoms with Crippen LogP contribution >= 0.6 is 0 Å². The zero-order valence-corrected chi connectivity index (χ0v) is 29.9. The number of hydrogen-bond donors (Lipinski definition) is 1. The molecule has 0 unspecified atom stereocenters. The minimum atomic E-state index is -0.377. The minimum Gasteiger partial charge on any atom is -0.512 e. The van der Waals surface area contributed by atoms with Crippen LogP contribution in [0, 0.1) is 37.7 Å². The molecule has 43 heavy (non-hydrogen) atoms. The second kappa shape index (κ2) is 13.9. The number of aryl methyl sites for hydroxylation is 5. The largest absolute Gasteiger partial charge is 0.512 e. The minimum absolute atomic E-state index is 0. The van der Waals surface area contributed by atoms with Crippen LogP contribution in [-0.4, -0.2) is 15.9 Å². The summed E-state index contributed by atoms with van der Waals surface area (Å²) in [5.74, 6) is 0.195. The van der Waals surface area contributed by atoms with Crippen molar-refractivity contribution in [1.82, 2.24) is 4.98 Å². The van der Waals surface area contributed by atoms with Gasteiger partial charge >= 0.3 is 0 Å². The standard InChI is InChI=1S/C26H24N.C13H24O2.Ir/c1-16-12-17(2)14-20(13-16)26-25-21(10-11-27-26)18(3)15-24-22-7-5-4-6-19(22)8-9-23(24)25;1-7-12(3,4)10(14)9-11(15)13(5,6)8-2;/h8-13,15H,4-7H2,1-3H3;9,14H,7-8H2,1-6H3;/q-1;;/b;10-9-;. The molecule has 3 nitrogen and oxygen atoms in total. The molecule has 0 fully saturated rings. The molecule has 231 valence electrons. The van der Waals surface area contributed by atoms with Crippen molar-refractivity contribution in [3.63, 3.8) is 0 Å². The predicted octanol–water partition coefficient (Wildman–Crippen LogP) is 10.5. The number of hydrogen-bond acceptors (Lipinski definition) is 3. The van der Waals surface area contributed by atoms with Crippen LogP contribution in [0.5, 0.6) is 0 Å². The summed E-state index contributed by atoms with van der Waals surface area (Å²) in [6.45, 7) is 18.1. The predicted molar refractivity (Wildman–Crippen MR) is 178 cm³/mol. The molecule has 0 saturated heterocycles. The van der Waals surface area contributed by atoms with Crippen molar-refractivity contribution < 1.29 is 30.0 Å². The maximum Gasteiger partial charge on any atom is 0.164 e. The number of allylic oxidation sites excluding steroid dienone is 2. The van der Waals surface area contributed by atoms with Crippen LogP contribution < -0.4 is 0 Å². The van der Waals surface area contributed by atoms with Gasteiger partial charge in [0.05, 0.1) is 0 Å². The van der Waals surface area contributed by atoms with Crippen molar-refractivity contribution in [2.24, 2.45) is 10.8 Å². The number of benzene rings is 3. The molecule has 0 amide bonds. The number of aliphatic hydroxyl groups excluding tert-OH is 1.